The largest absolute Gasteiger partial charge is 0.353 e. The summed E-state index contributed by atoms with van der Waals surface area (Å²) in [5.41, 5.74) is 2.78. The molecule has 4 rings (SSSR count). The Morgan fingerprint density at radius 1 is 1.36 bits per heavy atom. The molecule has 3 heterocycles. The van der Waals surface area contributed by atoms with Gasteiger partial charge in [0.15, 0.2) is 5.82 Å². The molecule has 132 valence electrons. The highest BCUT2D eigenvalue weighted by Crippen LogP contribution is 2.19. The number of amides is 2. The van der Waals surface area contributed by atoms with Crippen LogP contribution in [-0.4, -0.2) is 49.0 Å². The molecule has 2 aromatic rings. The number of hydrogen-bond donors (Lipinski definition) is 2. The average molecular weight is 342 g/mol. The van der Waals surface area contributed by atoms with Crippen LogP contribution in [0, 0.1) is 6.92 Å². The minimum Gasteiger partial charge on any atom is -0.353 e. The number of aryl methyl sites for hydroxylation is 2. The lowest BCUT2D eigenvalue weighted by atomic mass is 10.2. The summed E-state index contributed by atoms with van der Waals surface area (Å²) < 4.78 is 1.94. The quantitative estimate of drug-likeness (QED) is 0.839. The Balaban J connectivity index is 1.37. The molecule has 2 aromatic heterocycles. The van der Waals surface area contributed by atoms with Crippen molar-refractivity contribution < 1.29 is 9.59 Å². The highest BCUT2D eigenvalue weighted by atomic mass is 16.2. The first-order valence-electron chi connectivity index (χ1n) is 8.74. The zero-order valence-corrected chi connectivity index (χ0v) is 14.3. The number of fused-ring (bicyclic) bond motifs is 1. The van der Waals surface area contributed by atoms with Gasteiger partial charge in [0, 0.05) is 37.3 Å². The molecule has 0 spiro atoms. The molecular weight excluding hydrogens is 320 g/mol. The van der Waals surface area contributed by atoms with E-state index in [2.05, 4.69) is 20.4 Å². The van der Waals surface area contributed by atoms with E-state index >= 15 is 0 Å². The maximum Gasteiger partial charge on any atom is 0.290 e. The van der Waals surface area contributed by atoms with E-state index in [0.29, 0.717) is 44.3 Å². The normalized spacial score (nSPS) is 16.6. The molecule has 1 fully saturated rings. The van der Waals surface area contributed by atoms with Crippen molar-refractivity contribution in [2.24, 2.45) is 0 Å². The van der Waals surface area contributed by atoms with Crippen LogP contribution in [0.3, 0.4) is 0 Å². The Hall–Kier alpha value is -2.64. The van der Waals surface area contributed by atoms with Crippen molar-refractivity contribution in [3.8, 4) is 0 Å². The molecule has 0 radical (unpaired) electrons. The van der Waals surface area contributed by atoms with E-state index in [0.717, 1.165) is 29.9 Å². The first-order chi connectivity index (χ1) is 12.1. The smallest absolute Gasteiger partial charge is 0.290 e. The van der Waals surface area contributed by atoms with Gasteiger partial charge in [-0.05, 0) is 25.8 Å². The van der Waals surface area contributed by atoms with Crippen molar-refractivity contribution in [3.63, 3.8) is 0 Å². The molecule has 0 aromatic carbocycles. The Morgan fingerprint density at radius 2 is 2.20 bits per heavy atom. The van der Waals surface area contributed by atoms with Crippen LogP contribution in [0.1, 0.15) is 47.0 Å². The predicted octanol–water partition coefficient (Wildman–Crippen LogP) is 0.782. The monoisotopic (exact) mass is 342 g/mol. The Kier molecular flexibility index (Phi) is 4.03. The zero-order chi connectivity index (χ0) is 17.4. The highest BCUT2D eigenvalue weighted by molar-refractivity contribution is 5.90. The van der Waals surface area contributed by atoms with Crippen molar-refractivity contribution in [2.45, 2.75) is 51.7 Å². The topological polar surface area (TPSA) is 95.9 Å². The molecule has 1 saturated carbocycles. The van der Waals surface area contributed by atoms with Gasteiger partial charge in [-0.3, -0.25) is 14.3 Å². The lowest BCUT2D eigenvalue weighted by Gasteiger charge is -2.26. The second kappa shape index (κ2) is 6.34. The molecule has 2 amide bonds. The van der Waals surface area contributed by atoms with Gasteiger partial charge in [-0.1, -0.05) is 0 Å². The minimum absolute atomic E-state index is 0.0917. The Bertz CT molecular complexity index is 804. The van der Waals surface area contributed by atoms with Crippen LogP contribution in [0.5, 0.6) is 0 Å². The van der Waals surface area contributed by atoms with Gasteiger partial charge in [-0.15, -0.1) is 0 Å². The molecule has 2 N–H and O–H groups in total. The van der Waals surface area contributed by atoms with Crippen LogP contribution in [0.2, 0.25) is 0 Å². The third-order valence-electron chi connectivity index (χ3n) is 4.59. The van der Waals surface area contributed by atoms with E-state index in [1.807, 2.05) is 17.7 Å². The zero-order valence-electron chi connectivity index (χ0n) is 14.3. The minimum atomic E-state index is -0.0917. The van der Waals surface area contributed by atoms with E-state index in [1.54, 1.807) is 11.1 Å². The average Bonchev–Trinajstić information content (AvgIpc) is 3.15. The number of carbonyl (C=O) groups excluding carboxylic acids is 2. The van der Waals surface area contributed by atoms with Gasteiger partial charge in [0.2, 0.25) is 5.91 Å². The Labute approximate surface area is 145 Å². The number of imidazole rings is 1. The van der Waals surface area contributed by atoms with Crippen molar-refractivity contribution in [3.05, 3.63) is 35.2 Å². The lowest BCUT2D eigenvalue weighted by molar-refractivity contribution is -0.121. The third-order valence-corrected chi connectivity index (χ3v) is 4.59. The van der Waals surface area contributed by atoms with Crippen LogP contribution in [-0.2, 0) is 24.3 Å². The predicted molar refractivity (Wildman–Crippen MR) is 89.8 cm³/mol. The molecule has 2 aliphatic rings. The summed E-state index contributed by atoms with van der Waals surface area (Å²) in [6.07, 6.45) is 4.95. The van der Waals surface area contributed by atoms with E-state index in [1.165, 1.54) is 0 Å². The molecule has 8 nitrogen and oxygen atoms in total. The molecule has 1 aliphatic carbocycles. The summed E-state index contributed by atoms with van der Waals surface area (Å²) in [6, 6.07) is 2.39. The number of aromatic amines is 1. The van der Waals surface area contributed by atoms with Crippen molar-refractivity contribution in [2.75, 3.05) is 6.54 Å². The maximum absolute atomic E-state index is 12.5. The second-order valence-corrected chi connectivity index (χ2v) is 6.83. The summed E-state index contributed by atoms with van der Waals surface area (Å²) >= 11 is 0. The fraction of sp³-hybridized carbons (Fsp3) is 0.529. The molecule has 8 heteroatoms. The van der Waals surface area contributed by atoms with Crippen LogP contribution >= 0.6 is 0 Å². The fourth-order valence-electron chi connectivity index (χ4n) is 3.06. The number of nitrogens with one attached hydrogen (secondary N) is 2. The molecule has 0 saturated heterocycles. The Morgan fingerprint density at radius 3 is 2.92 bits per heavy atom. The van der Waals surface area contributed by atoms with Gasteiger partial charge in [0.25, 0.3) is 5.91 Å². The molecule has 0 unspecified atom stereocenters. The van der Waals surface area contributed by atoms with Crippen LogP contribution in [0.25, 0.3) is 0 Å². The molecule has 1 aliphatic heterocycles. The van der Waals surface area contributed by atoms with Gasteiger partial charge < -0.3 is 15.2 Å². The summed E-state index contributed by atoms with van der Waals surface area (Å²) in [7, 11) is 0. The number of nitrogens with zero attached hydrogens (tertiary/aromatic N) is 4. The van der Waals surface area contributed by atoms with E-state index in [-0.39, 0.29) is 11.8 Å². The fourth-order valence-corrected chi connectivity index (χ4v) is 3.06. The molecule has 0 bridgehead atoms. The SMILES string of the molecule is Cc1cnc(C(=O)N2CCn3nc(CCC(=O)NC4CC4)cc3C2)[nH]1. The van der Waals surface area contributed by atoms with E-state index in [9.17, 15) is 9.59 Å². The summed E-state index contributed by atoms with van der Waals surface area (Å²) in [5, 5.41) is 7.55. The first-order valence-corrected chi connectivity index (χ1v) is 8.74. The third kappa shape index (κ3) is 3.57. The number of carbonyl (C=O) groups is 2. The van der Waals surface area contributed by atoms with Crippen LogP contribution in [0.15, 0.2) is 12.3 Å². The first kappa shape index (κ1) is 15.9. The summed E-state index contributed by atoms with van der Waals surface area (Å²) in [5.74, 6) is 0.381. The van der Waals surface area contributed by atoms with Gasteiger partial charge in [-0.2, -0.15) is 5.10 Å². The lowest BCUT2D eigenvalue weighted by Crippen LogP contribution is -2.38. The summed E-state index contributed by atoms with van der Waals surface area (Å²) in [4.78, 5) is 33.2. The number of rotatable bonds is 5. The molecular formula is C17H22N6O2. The molecule has 0 atom stereocenters. The second-order valence-electron chi connectivity index (χ2n) is 6.83. The number of hydrogen-bond acceptors (Lipinski definition) is 4. The van der Waals surface area contributed by atoms with E-state index in [4.69, 9.17) is 0 Å². The van der Waals surface area contributed by atoms with Gasteiger partial charge in [0.05, 0.1) is 24.5 Å². The standard InChI is InChI=1S/C17H22N6O2/c1-11-9-18-16(19-11)17(25)22-6-7-23-14(10-22)8-13(21-23)4-5-15(24)20-12-2-3-12/h8-9,12H,2-7,10H2,1H3,(H,18,19)(H,20,24). The van der Waals surface area contributed by atoms with Gasteiger partial charge >= 0.3 is 0 Å². The van der Waals surface area contributed by atoms with Gasteiger partial charge in [0.1, 0.15) is 0 Å². The van der Waals surface area contributed by atoms with Gasteiger partial charge in [-0.25, -0.2) is 4.98 Å². The number of aromatic nitrogens is 4. The highest BCUT2D eigenvalue weighted by Gasteiger charge is 2.25. The van der Waals surface area contributed by atoms with Crippen molar-refractivity contribution in [1.29, 1.82) is 0 Å². The number of H-pyrrole nitrogens is 1. The maximum atomic E-state index is 12.5. The van der Waals surface area contributed by atoms with Crippen LogP contribution in [0.4, 0.5) is 0 Å². The molecule has 25 heavy (non-hydrogen) atoms. The van der Waals surface area contributed by atoms with Crippen molar-refractivity contribution >= 4 is 11.8 Å². The van der Waals surface area contributed by atoms with E-state index < -0.39 is 0 Å². The van der Waals surface area contributed by atoms with Crippen molar-refractivity contribution in [1.82, 2.24) is 30.0 Å². The van der Waals surface area contributed by atoms with Crippen LogP contribution < -0.4 is 5.32 Å². The summed E-state index contributed by atoms with van der Waals surface area (Å²) in [6.45, 7) is 3.66.